The molecule has 0 heterocycles. The summed E-state index contributed by atoms with van der Waals surface area (Å²) in [7, 11) is 1.41. The molecule has 0 spiro atoms. The van der Waals surface area contributed by atoms with Gasteiger partial charge in [-0.1, -0.05) is 40.5 Å². The summed E-state index contributed by atoms with van der Waals surface area (Å²) < 4.78 is 4.84. The Morgan fingerprint density at radius 2 is 2.10 bits per heavy atom. The number of hydrogen-bond donors (Lipinski definition) is 2. The SMILES string of the molecule is CCC1CCC[C@H](C)[C@@]1(O)CN[C@H](C(=O)OC)C(C)C. The fourth-order valence-electron chi connectivity index (χ4n) is 3.44. The van der Waals surface area contributed by atoms with Gasteiger partial charge >= 0.3 is 5.97 Å². The van der Waals surface area contributed by atoms with Gasteiger partial charge in [-0.25, -0.2) is 0 Å². The van der Waals surface area contributed by atoms with E-state index in [-0.39, 0.29) is 23.8 Å². The lowest BCUT2D eigenvalue weighted by Gasteiger charge is -2.45. The number of nitrogens with one attached hydrogen (secondary N) is 1. The Morgan fingerprint density at radius 3 is 2.60 bits per heavy atom. The second-order valence-electron chi connectivity index (χ2n) is 6.55. The van der Waals surface area contributed by atoms with E-state index in [0.717, 1.165) is 19.3 Å². The predicted molar refractivity (Wildman–Crippen MR) is 80.4 cm³/mol. The van der Waals surface area contributed by atoms with Gasteiger partial charge in [-0.3, -0.25) is 4.79 Å². The van der Waals surface area contributed by atoms with Gasteiger partial charge in [-0.05, 0) is 30.6 Å². The number of aliphatic hydroxyl groups is 1. The highest BCUT2D eigenvalue weighted by Gasteiger charge is 2.43. The van der Waals surface area contributed by atoms with Gasteiger partial charge in [0.2, 0.25) is 0 Å². The van der Waals surface area contributed by atoms with Gasteiger partial charge < -0.3 is 15.2 Å². The molecule has 0 aromatic heterocycles. The van der Waals surface area contributed by atoms with Crippen LogP contribution in [0.3, 0.4) is 0 Å². The maximum absolute atomic E-state index is 11.8. The second kappa shape index (κ2) is 7.41. The monoisotopic (exact) mass is 285 g/mol. The lowest BCUT2D eigenvalue weighted by atomic mass is 9.68. The first-order valence-electron chi connectivity index (χ1n) is 7.90. The predicted octanol–water partition coefficient (Wildman–Crippen LogP) is 2.35. The van der Waals surface area contributed by atoms with E-state index in [4.69, 9.17) is 4.74 Å². The molecule has 0 aliphatic heterocycles. The highest BCUT2D eigenvalue weighted by Crippen LogP contribution is 2.39. The molecular weight excluding hydrogens is 254 g/mol. The molecule has 1 rings (SSSR count). The fraction of sp³-hybridized carbons (Fsp3) is 0.938. The molecule has 2 N–H and O–H groups in total. The van der Waals surface area contributed by atoms with Crippen molar-refractivity contribution < 1.29 is 14.6 Å². The number of carbonyl (C=O) groups excluding carboxylic acids is 1. The van der Waals surface area contributed by atoms with Crippen LogP contribution in [0.5, 0.6) is 0 Å². The van der Waals surface area contributed by atoms with Crippen molar-refractivity contribution in [1.82, 2.24) is 5.32 Å². The summed E-state index contributed by atoms with van der Waals surface area (Å²) in [4.78, 5) is 11.8. The Hall–Kier alpha value is -0.610. The molecule has 4 atom stereocenters. The van der Waals surface area contributed by atoms with Crippen LogP contribution in [0, 0.1) is 17.8 Å². The van der Waals surface area contributed by atoms with E-state index in [9.17, 15) is 9.90 Å². The summed E-state index contributed by atoms with van der Waals surface area (Å²) in [6, 6.07) is -0.351. The number of esters is 1. The van der Waals surface area contributed by atoms with Gasteiger partial charge in [-0.15, -0.1) is 0 Å². The Balaban J connectivity index is 2.75. The zero-order chi connectivity index (χ0) is 15.3. The molecule has 1 aliphatic carbocycles. The van der Waals surface area contributed by atoms with Crippen LogP contribution < -0.4 is 5.32 Å². The van der Waals surface area contributed by atoms with Crippen molar-refractivity contribution in [2.24, 2.45) is 17.8 Å². The Morgan fingerprint density at radius 1 is 1.45 bits per heavy atom. The molecule has 0 aromatic carbocycles. The third-order valence-corrected chi connectivity index (χ3v) is 4.97. The summed E-state index contributed by atoms with van der Waals surface area (Å²) in [5.74, 6) is 0.466. The third kappa shape index (κ3) is 3.73. The lowest BCUT2D eigenvalue weighted by molar-refractivity contribution is -0.145. The van der Waals surface area contributed by atoms with Gasteiger partial charge in [-0.2, -0.15) is 0 Å². The Bertz CT molecular complexity index is 319. The summed E-state index contributed by atoms with van der Waals surface area (Å²) in [6.45, 7) is 8.69. The number of carbonyl (C=O) groups is 1. The van der Waals surface area contributed by atoms with Gasteiger partial charge in [0.15, 0.2) is 0 Å². The minimum Gasteiger partial charge on any atom is -0.468 e. The Labute approximate surface area is 123 Å². The third-order valence-electron chi connectivity index (χ3n) is 4.97. The second-order valence-corrected chi connectivity index (χ2v) is 6.55. The summed E-state index contributed by atoms with van der Waals surface area (Å²) in [5.41, 5.74) is -0.714. The summed E-state index contributed by atoms with van der Waals surface area (Å²) >= 11 is 0. The number of ether oxygens (including phenoxy) is 1. The van der Waals surface area contributed by atoms with Crippen LogP contribution in [0.4, 0.5) is 0 Å². The molecule has 1 unspecified atom stereocenters. The fourth-order valence-corrected chi connectivity index (χ4v) is 3.44. The molecule has 0 aromatic rings. The van der Waals surface area contributed by atoms with E-state index in [1.165, 1.54) is 13.5 Å². The standard InChI is InChI=1S/C16H31NO3/c1-6-13-9-7-8-12(4)16(13,19)10-17-14(11(2)3)15(18)20-5/h11-14,17,19H,6-10H2,1-5H3/t12-,13?,14-,16-/m0/s1. The van der Waals surface area contributed by atoms with Crippen molar-refractivity contribution in [1.29, 1.82) is 0 Å². The Kier molecular flexibility index (Phi) is 6.46. The van der Waals surface area contributed by atoms with Crippen LogP contribution in [0.2, 0.25) is 0 Å². The van der Waals surface area contributed by atoms with E-state index in [1.807, 2.05) is 13.8 Å². The van der Waals surface area contributed by atoms with E-state index in [1.54, 1.807) is 0 Å². The van der Waals surface area contributed by atoms with E-state index in [0.29, 0.717) is 12.5 Å². The van der Waals surface area contributed by atoms with Crippen LogP contribution in [0.15, 0.2) is 0 Å². The maximum atomic E-state index is 11.8. The lowest BCUT2D eigenvalue weighted by Crippen LogP contribution is -2.57. The number of methoxy groups -OCH3 is 1. The molecule has 0 amide bonds. The molecule has 118 valence electrons. The van der Waals surface area contributed by atoms with E-state index in [2.05, 4.69) is 19.2 Å². The average Bonchev–Trinajstić information content (AvgIpc) is 2.41. The quantitative estimate of drug-likeness (QED) is 0.736. The molecule has 1 aliphatic rings. The van der Waals surface area contributed by atoms with Gasteiger partial charge in [0.25, 0.3) is 0 Å². The highest BCUT2D eigenvalue weighted by molar-refractivity contribution is 5.75. The van der Waals surface area contributed by atoms with E-state index < -0.39 is 5.60 Å². The first-order valence-corrected chi connectivity index (χ1v) is 7.90. The van der Waals surface area contributed by atoms with Crippen molar-refractivity contribution in [3.05, 3.63) is 0 Å². The number of hydrogen-bond acceptors (Lipinski definition) is 4. The van der Waals surface area contributed by atoms with Crippen molar-refractivity contribution >= 4 is 5.97 Å². The zero-order valence-corrected chi connectivity index (χ0v) is 13.6. The zero-order valence-electron chi connectivity index (χ0n) is 13.6. The first kappa shape index (κ1) is 17.4. The molecule has 1 fully saturated rings. The van der Waals surface area contributed by atoms with Crippen LogP contribution in [-0.4, -0.2) is 36.4 Å². The minimum atomic E-state index is -0.714. The summed E-state index contributed by atoms with van der Waals surface area (Å²) in [5, 5.41) is 14.3. The molecule has 0 saturated heterocycles. The van der Waals surface area contributed by atoms with Gasteiger partial charge in [0.05, 0.1) is 12.7 Å². The van der Waals surface area contributed by atoms with Crippen molar-refractivity contribution in [2.75, 3.05) is 13.7 Å². The molecule has 0 radical (unpaired) electrons. The topological polar surface area (TPSA) is 58.6 Å². The normalized spacial score (nSPS) is 32.1. The summed E-state index contributed by atoms with van der Waals surface area (Å²) in [6.07, 6.45) is 4.29. The molecular formula is C16H31NO3. The van der Waals surface area contributed by atoms with E-state index >= 15 is 0 Å². The largest absolute Gasteiger partial charge is 0.468 e. The van der Waals surface area contributed by atoms with Crippen molar-refractivity contribution in [3.8, 4) is 0 Å². The minimum absolute atomic E-state index is 0.144. The molecule has 4 nitrogen and oxygen atoms in total. The maximum Gasteiger partial charge on any atom is 0.323 e. The van der Waals surface area contributed by atoms with Gasteiger partial charge in [0, 0.05) is 6.54 Å². The van der Waals surface area contributed by atoms with Crippen molar-refractivity contribution in [2.45, 2.75) is 65.0 Å². The van der Waals surface area contributed by atoms with Crippen LogP contribution in [0.1, 0.15) is 53.4 Å². The average molecular weight is 285 g/mol. The van der Waals surface area contributed by atoms with Crippen molar-refractivity contribution in [3.63, 3.8) is 0 Å². The smallest absolute Gasteiger partial charge is 0.323 e. The van der Waals surface area contributed by atoms with Crippen LogP contribution in [0.25, 0.3) is 0 Å². The molecule has 0 bridgehead atoms. The van der Waals surface area contributed by atoms with Crippen LogP contribution in [-0.2, 0) is 9.53 Å². The molecule has 20 heavy (non-hydrogen) atoms. The first-order chi connectivity index (χ1) is 9.36. The molecule has 1 saturated carbocycles. The van der Waals surface area contributed by atoms with Crippen LogP contribution >= 0.6 is 0 Å². The highest BCUT2D eigenvalue weighted by atomic mass is 16.5. The number of rotatable bonds is 6. The molecule has 4 heteroatoms. The van der Waals surface area contributed by atoms with Gasteiger partial charge in [0.1, 0.15) is 6.04 Å².